The van der Waals surface area contributed by atoms with E-state index in [4.69, 9.17) is 4.74 Å². The Balaban J connectivity index is 2.23. The standard InChI is InChI=1S/C26H26O4S/c1-2-3-13-20-26(21-14-7-4-8-15-21,22-16-9-5-10-17-22)24(31(28)29)25(27)30-23-18-11-6-12-19-23/h4-12,14-19H,2-3,13,20H2,1H3. The van der Waals surface area contributed by atoms with Gasteiger partial charge in [-0.2, -0.15) is 8.42 Å². The molecule has 0 atom stereocenters. The molecule has 3 rings (SSSR count). The van der Waals surface area contributed by atoms with E-state index in [9.17, 15) is 13.2 Å². The van der Waals surface area contributed by atoms with Crippen molar-refractivity contribution in [3.63, 3.8) is 0 Å². The van der Waals surface area contributed by atoms with Crippen LogP contribution in [-0.4, -0.2) is 19.3 Å². The smallest absolute Gasteiger partial charge is 0.356 e. The number of benzene rings is 3. The Morgan fingerprint density at radius 1 is 0.774 bits per heavy atom. The van der Waals surface area contributed by atoms with Gasteiger partial charge < -0.3 is 4.74 Å². The molecule has 0 saturated carbocycles. The van der Waals surface area contributed by atoms with E-state index in [1.165, 1.54) is 0 Å². The van der Waals surface area contributed by atoms with Gasteiger partial charge in [-0.3, -0.25) is 0 Å². The number of ether oxygens (including phenoxy) is 1. The van der Waals surface area contributed by atoms with Crippen LogP contribution >= 0.6 is 0 Å². The summed E-state index contributed by atoms with van der Waals surface area (Å²) in [5, 5.41) is 0. The summed E-state index contributed by atoms with van der Waals surface area (Å²) < 4.78 is 30.8. The summed E-state index contributed by atoms with van der Waals surface area (Å²) in [4.78, 5) is 13.1. The molecule has 0 heterocycles. The van der Waals surface area contributed by atoms with Gasteiger partial charge in [0.1, 0.15) is 5.75 Å². The minimum atomic E-state index is -2.79. The van der Waals surface area contributed by atoms with Crippen LogP contribution in [0.3, 0.4) is 0 Å². The number of para-hydroxylation sites is 1. The second-order valence-electron chi connectivity index (χ2n) is 7.36. The molecule has 0 saturated heterocycles. The first-order chi connectivity index (χ1) is 15.1. The van der Waals surface area contributed by atoms with Gasteiger partial charge in [-0.25, -0.2) is 4.79 Å². The number of hydrogen-bond acceptors (Lipinski definition) is 4. The number of rotatable bonds is 9. The Bertz CT molecular complexity index is 1070. The van der Waals surface area contributed by atoms with E-state index in [-0.39, 0.29) is 4.86 Å². The summed E-state index contributed by atoms with van der Waals surface area (Å²) in [6.07, 6.45) is 3.14. The van der Waals surface area contributed by atoms with Crippen LogP contribution in [0.1, 0.15) is 43.7 Å². The molecular formula is C26H26O4S. The van der Waals surface area contributed by atoms with Gasteiger partial charge in [-0.1, -0.05) is 105 Å². The van der Waals surface area contributed by atoms with Gasteiger partial charge in [0.2, 0.25) is 10.3 Å². The molecule has 0 aromatic heterocycles. The Morgan fingerprint density at radius 2 is 1.26 bits per heavy atom. The van der Waals surface area contributed by atoms with E-state index in [0.29, 0.717) is 12.2 Å². The van der Waals surface area contributed by atoms with E-state index >= 15 is 0 Å². The molecule has 0 aliphatic heterocycles. The summed E-state index contributed by atoms with van der Waals surface area (Å²) in [7, 11) is -2.79. The highest BCUT2D eigenvalue weighted by Gasteiger charge is 2.44. The van der Waals surface area contributed by atoms with E-state index in [1.54, 1.807) is 30.3 Å². The fourth-order valence-electron chi connectivity index (χ4n) is 3.94. The molecule has 5 heteroatoms. The Morgan fingerprint density at radius 3 is 1.71 bits per heavy atom. The molecule has 3 aromatic rings. The summed E-state index contributed by atoms with van der Waals surface area (Å²) in [5.74, 6) is -0.553. The minimum Gasteiger partial charge on any atom is -0.422 e. The summed E-state index contributed by atoms with van der Waals surface area (Å²) in [5.41, 5.74) is 0.360. The van der Waals surface area contributed by atoms with Gasteiger partial charge in [0, 0.05) is 0 Å². The van der Waals surface area contributed by atoms with Crippen molar-refractivity contribution in [1.82, 2.24) is 0 Å². The molecule has 0 unspecified atom stereocenters. The molecule has 0 radical (unpaired) electrons. The molecule has 0 spiro atoms. The first-order valence-corrected chi connectivity index (χ1v) is 11.5. The fraction of sp³-hybridized carbons (Fsp3) is 0.231. The van der Waals surface area contributed by atoms with E-state index in [1.807, 2.05) is 60.7 Å². The topological polar surface area (TPSA) is 60.4 Å². The normalized spacial score (nSPS) is 11.0. The second-order valence-corrected chi connectivity index (χ2v) is 8.24. The van der Waals surface area contributed by atoms with Crippen LogP contribution in [0.15, 0.2) is 91.0 Å². The van der Waals surface area contributed by atoms with Crippen molar-refractivity contribution in [2.45, 2.75) is 38.0 Å². The lowest BCUT2D eigenvalue weighted by molar-refractivity contribution is -0.127. The lowest BCUT2D eigenvalue weighted by atomic mass is 9.68. The zero-order chi connectivity index (χ0) is 22.1. The summed E-state index contributed by atoms with van der Waals surface area (Å²) >= 11 is 0. The van der Waals surface area contributed by atoms with Crippen molar-refractivity contribution in [3.05, 3.63) is 102 Å². The predicted octanol–water partition coefficient (Wildman–Crippen LogP) is 5.21. The van der Waals surface area contributed by atoms with Gasteiger partial charge in [0.15, 0.2) is 4.86 Å². The third-order valence-electron chi connectivity index (χ3n) is 5.38. The van der Waals surface area contributed by atoms with Crippen LogP contribution in [0.4, 0.5) is 0 Å². The van der Waals surface area contributed by atoms with Gasteiger partial charge in [-0.15, -0.1) is 0 Å². The highest BCUT2D eigenvalue weighted by atomic mass is 32.2. The van der Waals surface area contributed by atoms with Crippen LogP contribution < -0.4 is 4.74 Å². The zero-order valence-electron chi connectivity index (χ0n) is 17.5. The number of hydrogen-bond donors (Lipinski definition) is 0. The maximum atomic E-state index is 13.3. The van der Waals surface area contributed by atoms with Crippen molar-refractivity contribution < 1.29 is 17.9 Å². The monoisotopic (exact) mass is 434 g/mol. The molecular weight excluding hydrogens is 408 g/mol. The fourth-order valence-corrected chi connectivity index (χ4v) is 4.74. The van der Waals surface area contributed by atoms with E-state index in [2.05, 4.69) is 6.92 Å². The number of unbranched alkanes of at least 4 members (excludes halogenated alkanes) is 2. The van der Waals surface area contributed by atoms with Crippen LogP contribution in [0.25, 0.3) is 0 Å². The lowest BCUT2D eigenvalue weighted by Crippen LogP contribution is -2.44. The molecule has 31 heavy (non-hydrogen) atoms. The minimum absolute atomic E-state index is 0.273. The van der Waals surface area contributed by atoms with Crippen LogP contribution in [-0.2, 0) is 20.5 Å². The van der Waals surface area contributed by atoms with Crippen molar-refractivity contribution in [2.75, 3.05) is 0 Å². The first kappa shape index (κ1) is 22.5. The van der Waals surface area contributed by atoms with Gasteiger partial charge in [-0.05, 0) is 29.7 Å². The van der Waals surface area contributed by atoms with E-state index in [0.717, 1.165) is 30.4 Å². The molecule has 4 nitrogen and oxygen atoms in total. The number of carbonyl (C=O) groups excluding carboxylic acids is 1. The van der Waals surface area contributed by atoms with Gasteiger partial charge in [0.25, 0.3) is 0 Å². The van der Waals surface area contributed by atoms with Crippen LogP contribution in [0.5, 0.6) is 5.75 Å². The molecule has 0 aliphatic carbocycles. The van der Waals surface area contributed by atoms with Crippen LogP contribution in [0.2, 0.25) is 0 Å². The SMILES string of the molecule is CCCCCC(C(C(=O)Oc1ccccc1)=S(=O)=O)(c1ccccc1)c1ccccc1. The molecule has 0 bridgehead atoms. The summed E-state index contributed by atoms with van der Waals surface area (Å²) in [6.45, 7) is 2.09. The average molecular weight is 435 g/mol. The number of esters is 1. The first-order valence-electron chi connectivity index (χ1n) is 10.4. The molecule has 0 fully saturated rings. The van der Waals surface area contributed by atoms with E-state index < -0.39 is 21.7 Å². The van der Waals surface area contributed by atoms with Gasteiger partial charge in [0.05, 0.1) is 5.41 Å². The molecule has 0 amide bonds. The van der Waals surface area contributed by atoms with Crippen molar-refractivity contribution in [3.8, 4) is 5.75 Å². The Kier molecular flexibility index (Phi) is 7.79. The van der Waals surface area contributed by atoms with Crippen molar-refractivity contribution >= 4 is 21.1 Å². The lowest BCUT2D eigenvalue weighted by Gasteiger charge is -2.34. The third-order valence-corrected chi connectivity index (χ3v) is 6.23. The molecule has 3 aromatic carbocycles. The van der Waals surface area contributed by atoms with Crippen LogP contribution in [0, 0.1) is 0 Å². The quantitative estimate of drug-likeness (QED) is 0.201. The molecule has 0 N–H and O–H groups in total. The largest absolute Gasteiger partial charge is 0.422 e. The van der Waals surface area contributed by atoms with Crippen molar-refractivity contribution in [1.29, 1.82) is 0 Å². The Labute approximate surface area is 185 Å². The second kappa shape index (κ2) is 10.7. The summed E-state index contributed by atoms with van der Waals surface area (Å²) in [6, 6.07) is 27.2. The highest BCUT2D eigenvalue weighted by Crippen LogP contribution is 2.39. The average Bonchev–Trinajstić information content (AvgIpc) is 2.80. The maximum absolute atomic E-state index is 13.3. The zero-order valence-corrected chi connectivity index (χ0v) is 18.3. The maximum Gasteiger partial charge on any atom is 0.356 e. The highest BCUT2D eigenvalue weighted by molar-refractivity contribution is 7.75. The molecule has 160 valence electrons. The van der Waals surface area contributed by atoms with Gasteiger partial charge >= 0.3 is 5.97 Å². The van der Waals surface area contributed by atoms with Crippen molar-refractivity contribution in [2.24, 2.45) is 0 Å². The third kappa shape index (κ3) is 5.12. The number of carbonyl (C=O) groups is 1. The Hall–Kier alpha value is -3.18. The molecule has 0 aliphatic rings. The predicted molar refractivity (Wildman–Crippen MR) is 124 cm³/mol.